The van der Waals surface area contributed by atoms with Crippen LogP contribution in [0, 0.1) is 25.5 Å². The minimum atomic E-state index is -1.10. The number of aromatic carboxylic acids is 1. The van der Waals surface area contributed by atoms with Crippen LogP contribution in [0.2, 0.25) is 0 Å². The third kappa shape index (κ3) is 4.88. The van der Waals surface area contributed by atoms with Crippen LogP contribution in [0.25, 0.3) is 28.0 Å². The average Bonchev–Trinajstić information content (AvgIpc) is 2.82. The molecule has 2 aromatic carbocycles. The molecule has 34 heavy (non-hydrogen) atoms. The SMILES string of the molecule is C=O.CC.Cc1nc(-c2cc(C(=O)O)ccc2C)c2ccc(=O)n(-c3c(F)cccc3F)c2n1. The fourth-order valence-electron chi connectivity index (χ4n) is 3.36. The number of aromatic nitrogens is 3. The summed E-state index contributed by atoms with van der Waals surface area (Å²) in [6, 6.07) is 10.5. The van der Waals surface area contributed by atoms with Gasteiger partial charge < -0.3 is 9.90 Å². The molecule has 0 bridgehead atoms. The molecular formula is C25H23F2N3O4. The first-order chi connectivity index (χ1) is 16.3. The zero-order valence-corrected chi connectivity index (χ0v) is 19.1. The average molecular weight is 467 g/mol. The van der Waals surface area contributed by atoms with Crippen LogP contribution >= 0.6 is 0 Å². The first-order valence-electron chi connectivity index (χ1n) is 10.3. The van der Waals surface area contributed by atoms with E-state index in [2.05, 4.69) is 9.97 Å². The monoisotopic (exact) mass is 467 g/mol. The van der Waals surface area contributed by atoms with Gasteiger partial charge in [0.2, 0.25) is 0 Å². The summed E-state index contributed by atoms with van der Waals surface area (Å²) < 4.78 is 29.8. The van der Waals surface area contributed by atoms with Crippen molar-refractivity contribution in [3.8, 4) is 16.9 Å². The molecule has 0 aliphatic carbocycles. The Kier molecular flexibility index (Phi) is 8.44. The van der Waals surface area contributed by atoms with Crippen LogP contribution in [-0.2, 0) is 4.79 Å². The molecule has 0 saturated heterocycles. The maximum absolute atomic E-state index is 14.5. The number of rotatable bonds is 3. The van der Waals surface area contributed by atoms with Crippen molar-refractivity contribution in [1.82, 2.24) is 14.5 Å². The van der Waals surface area contributed by atoms with Gasteiger partial charge in [0, 0.05) is 17.0 Å². The van der Waals surface area contributed by atoms with E-state index in [4.69, 9.17) is 4.79 Å². The molecule has 4 aromatic rings. The van der Waals surface area contributed by atoms with Crippen molar-refractivity contribution in [1.29, 1.82) is 0 Å². The predicted molar refractivity (Wildman–Crippen MR) is 125 cm³/mol. The highest BCUT2D eigenvalue weighted by molar-refractivity contribution is 5.95. The van der Waals surface area contributed by atoms with Gasteiger partial charge in [-0.25, -0.2) is 23.5 Å². The molecule has 0 unspecified atom stereocenters. The number of hydrogen-bond acceptors (Lipinski definition) is 5. The third-order valence-corrected chi connectivity index (χ3v) is 4.76. The molecule has 2 aromatic heterocycles. The molecule has 9 heteroatoms. The van der Waals surface area contributed by atoms with E-state index in [-0.39, 0.29) is 17.0 Å². The molecule has 0 aliphatic heterocycles. The van der Waals surface area contributed by atoms with E-state index in [1.807, 2.05) is 20.6 Å². The zero-order valence-electron chi connectivity index (χ0n) is 19.1. The number of carbonyl (C=O) groups is 2. The van der Waals surface area contributed by atoms with E-state index in [0.29, 0.717) is 16.6 Å². The van der Waals surface area contributed by atoms with Gasteiger partial charge in [-0.05, 0) is 49.7 Å². The number of benzene rings is 2. The van der Waals surface area contributed by atoms with E-state index >= 15 is 0 Å². The van der Waals surface area contributed by atoms with Crippen molar-refractivity contribution in [2.75, 3.05) is 0 Å². The van der Waals surface area contributed by atoms with Crippen molar-refractivity contribution in [3.05, 3.63) is 87.5 Å². The summed E-state index contributed by atoms with van der Waals surface area (Å²) in [5.74, 6) is -2.66. The smallest absolute Gasteiger partial charge is 0.335 e. The highest BCUT2D eigenvalue weighted by Gasteiger charge is 2.20. The number of hydrogen-bond donors (Lipinski definition) is 1. The number of carboxylic acid groups (broad SMARTS) is 1. The molecule has 176 valence electrons. The molecule has 0 atom stereocenters. The number of carbonyl (C=O) groups excluding carboxylic acids is 1. The number of pyridine rings is 1. The van der Waals surface area contributed by atoms with Gasteiger partial charge in [-0.1, -0.05) is 26.0 Å². The van der Waals surface area contributed by atoms with Gasteiger partial charge in [0.15, 0.2) is 5.65 Å². The van der Waals surface area contributed by atoms with Crippen LogP contribution in [0.5, 0.6) is 0 Å². The molecule has 4 rings (SSSR count). The summed E-state index contributed by atoms with van der Waals surface area (Å²) >= 11 is 0. The largest absolute Gasteiger partial charge is 0.478 e. The lowest BCUT2D eigenvalue weighted by atomic mass is 9.99. The van der Waals surface area contributed by atoms with Crippen LogP contribution in [-0.4, -0.2) is 32.4 Å². The molecule has 0 saturated carbocycles. The molecule has 0 fully saturated rings. The van der Waals surface area contributed by atoms with Crippen molar-refractivity contribution < 1.29 is 23.5 Å². The Morgan fingerprint density at radius 3 is 2.18 bits per heavy atom. The topological polar surface area (TPSA) is 102 Å². The lowest BCUT2D eigenvalue weighted by Gasteiger charge is -2.15. The van der Waals surface area contributed by atoms with E-state index in [1.165, 1.54) is 30.3 Å². The van der Waals surface area contributed by atoms with Crippen molar-refractivity contribution in [2.45, 2.75) is 27.7 Å². The summed E-state index contributed by atoms with van der Waals surface area (Å²) in [6.45, 7) is 9.37. The first kappa shape index (κ1) is 26.0. The summed E-state index contributed by atoms with van der Waals surface area (Å²) in [5.41, 5.74) is 0.518. The van der Waals surface area contributed by atoms with E-state index in [9.17, 15) is 23.5 Å². The number of fused-ring (bicyclic) bond motifs is 1. The van der Waals surface area contributed by atoms with Crippen molar-refractivity contribution >= 4 is 23.8 Å². The lowest BCUT2D eigenvalue weighted by Crippen LogP contribution is -2.21. The van der Waals surface area contributed by atoms with Gasteiger partial charge in [0.1, 0.15) is 29.9 Å². The lowest BCUT2D eigenvalue weighted by molar-refractivity contribution is -0.0980. The Balaban J connectivity index is 0.000000970. The van der Waals surface area contributed by atoms with Crippen molar-refractivity contribution in [3.63, 3.8) is 0 Å². The van der Waals surface area contributed by atoms with Gasteiger partial charge >= 0.3 is 5.97 Å². The van der Waals surface area contributed by atoms with E-state index in [0.717, 1.165) is 22.3 Å². The summed E-state index contributed by atoms with van der Waals surface area (Å²) in [5, 5.41) is 9.70. The first-order valence-corrected chi connectivity index (χ1v) is 10.3. The Hall–Kier alpha value is -4.27. The van der Waals surface area contributed by atoms with Gasteiger partial charge in [-0.15, -0.1) is 0 Å². The Labute approximate surface area is 194 Å². The quantitative estimate of drug-likeness (QED) is 0.461. The van der Waals surface area contributed by atoms with Crippen molar-refractivity contribution in [2.24, 2.45) is 0 Å². The maximum atomic E-state index is 14.5. The number of carboxylic acids is 1. The van der Waals surface area contributed by atoms with Crippen LogP contribution < -0.4 is 5.56 Å². The van der Waals surface area contributed by atoms with Gasteiger partial charge in [0.25, 0.3) is 5.56 Å². The molecule has 2 heterocycles. The van der Waals surface area contributed by atoms with Gasteiger partial charge in [0.05, 0.1) is 11.3 Å². The number of aryl methyl sites for hydroxylation is 2. The highest BCUT2D eigenvalue weighted by atomic mass is 19.1. The Morgan fingerprint density at radius 1 is 0.971 bits per heavy atom. The number of para-hydroxylation sites is 1. The van der Waals surface area contributed by atoms with Gasteiger partial charge in [-0.2, -0.15) is 0 Å². The summed E-state index contributed by atoms with van der Waals surface area (Å²) in [4.78, 5) is 40.7. The normalized spacial score (nSPS) is 10.1. The van der Waals surface area contributed by atoms with E-state index < -0.39 is 28.9 Å². The predicted octanol–water partition coefficient (Wildman–Crippen LogP) is 4.88. The Bertz CT molecular complexity index is 1400. The van der Waals surface area contributed by atoms with E-state index in [1.54, 1.807) is 19.9 Å². The molecule has 0 spiro atoms. The maximum Gasteiger partial charge on any atom is 0.335 e. The highest BCUT2D eigenvalue weighted by Crippen LogP contribution is 2.30. The second-order valence-corrected chi connectivity index (χ2v) is 6.77. The van der Waals surface area contributed by atoms with Crippen LogP contribution in [0.3, 0.4) is 0 Å². The second kappa shape index (κ2) is 11.0. The summed E-state index contributed by atoms with van der Waals surface area (Å²) in [7, 11) is 0. The second-order valence-electron chi connectivity index (χ2n) is 6.77. The fraction of sp³-hybridized carbons (Fsp3) is 0.160. The molecule has 7 nitrogen and oxygen atoms in total. The molecular weight excluding hydrogens is 444 g/mol. The standard InChI is InChI=1S/C22H15F2N3O3.C2H6.CH2O/c1-11-6-7-13(22(29)30)10-15(11)19-14-8-9-18(28)27(21(14)26-12(2)25-19)20-16(23)4-3-5-17(20)24;2*1-2/h3-10H,1-2H3,(H,29,30);1-2H3;1H2. The number of halogens is 2. The molecule has 1 N–H and O–H groups in total. The third-order valence-electron chi connectivity index (χ3n) is 4.76. The fourth-order valence-corrected chi connectivity index (χ4v) is 3.36. The van der Waals surface area contributed by atoms with Gasteiger partial charge in [-0.3, -0.25) is 9.36 Å². The van der Waals surface area contributed by atoms with Crippen LogP contribution in [0.15, 0.2) is 53.3 Å². The minimum absolute atomic E-state index is 0.0223. The molecule has 0 radical (unpaired) electrons. The summed E-state index contributed by atoms with van der Waals surface area (Å²) in [6.07, 6.45) is 0. The zero-order chi connectivity index (χ0) is 25.6. The van der Waals surface area contributed by atoms with Crippen LogP contribution in [0.1, 0.15) is 35.6 Å². The molecule has 0 amide bonds. The minimum Gasteiger partial charge on any atom is -0.478 e. The Morgan fingerprint density at radius 2 is 1.59 bits per heavy atom. The molecule has 0 aliphatic rings. The van der Waals surface area contributed by atoms with Crippen LogP contribution in [0.4, 0.5) is 8.78 Å². The number of nitrogens with zero attached hydrogens (tertiary/aromatic N) is 3.